The molecule has 0 heterocycles. The van der Waals surface area contributed by atoms with Crippen LogP contribution in [0, 0.1) is 0 Å². The Morgan fingerprint density at radius 3 is 2.38 bits per heavy atom. The molecule has 1 saturated carbocycles. The van der Waals surface area contributed by atoms with Crippen molar-refractivity contribution in [3.8, 4) is 5.75 Å². The Morgan fingerprint density at radius 2 is 1.85 bits per heavy atom. The smallest absolute Gasteiger partial charge is 0.236 e. The van der Waals surface area contributed by atoms with Gasteiger partial charge in [-0.1, -0.05) is 31.4 Å². The molecule has 0 aliphatic heterocycles. The first-order chi connectivity index (χ1) is 12.3. The minimum atomic E-state index is -3.12. The molecule has 0 radical (unpaired) electrons. The number of nitrogens with one attached hydrogen (secondary N) is 1. The van der Waals surface area contributed by atoms with Crippen molar-refractivity contribution < 1.29 is 17.9 Å². The van der Waals surface area contributed by atoms with Crippen molar-refractivity contribution in [1.29, 1.82) is 0 Å². The molecule has 1 amide bonds. The summed E-state index contributed by atoms with van der Waals surface area (Å²) in [5.41, 5.74) is 6.96. The summed E-state index contributed by atoms with van der Waals surface area (Å²) in [7, 11) is -1.48. The Balaban J connectivity index is 2.04. The highest BCUT2D eigenvalue weighted by molar-refractivity contribution is 7.90. The van der Waals surface area contributed by atoms with Gasteiger partial charge in [0.15, 0.2) is 0 Å². The average Bonchev–Trinajstić information content (AvgIpc) is 2.64. The fourth-order valence-electron chi connectivity index (χ4n) is 3.60. The molecule has 1 aliphatic carbocycles. The molecule has 26 heavy (non-hydrogen) atoms. The van der Waals surface area contributed by atoms with Crippen LogP contribution in [-0.2, 0) is 20.0 Å². The molecule has 1 aromatic rings. The van der Waals surface area contributed by atoms with Gasteiger partial charge in [0.1, 0.15) is 15.6 Å². The van der Waals surface area contributed by atoms with Crippen LogP contribution in [0.25, 0.3) is 0 Å². The SMILES string of the molecule is COc1ccc(C2(CNC(=O)C(N)CCS(C)(=O)=O)CCCCC2)cc1. The van der Waals surface area contributed by atoms with E-state index in [1.54, 1.807) is 7.11 Å². The highest BCUT2D eigenvalue weighted by Gasteiger charge is 2.34. The van der Waals surface area contributed by atoms with E-state index in [1.165, 1.54) is 12.0 Å². The van der Waals surface area contributed by atoms with E-state index in [0.717, 1.165) is 37.7 Å². The number of nitrogens with two attached hydrogens (primary N) is 1. The molecular weight excluding hydrogens is 352 g/mol. The fourth-order valence-corrected chi connectivity index (χ4v) is 4.28. The molecular formula is C19H30N2O4S. The van der Waals surface area contributed by atoms with Gasteiger partial charge in [0, 0.05) is 18.2 Å². The maximum Gasteiger partial charge on any atom is 0.236 e. The Hall–Kier alpha value is -1.60. The molecule has 1 unspecified atom stereocenters. The first-order valence-electron chi connectivity index (χ1n) is 9.11. The molecule has 0 spiro atoms. The summed E-state index contributed by atoms with van der Waals surface area (Å²) >= 11 is 0. The molecule has 6 nitrogen and oxygen atoms in total. The van der Waals surface area contributed by atoms with E-state index in [2.05, 4.69) is 17.4 Å². The third-order valence-corrected chi connectivity index (χ3v) is 6.23. The lowest BCUT2D eigenvalue weighted by Gasteiger charge is -2.38. The molecule has 0 saturated heterocycles. The number of carbonyl (C=O) groups is 1. The Labute approximate surface area is 156 Å². The number of benzene rings is 1. The van der Waals surface area contributed by atoms with Crippen LogP contribution < -0.4 is 15.8 Å². The highest BCUT2D eigenvalue weighted by atomic mass is 32.2. The van der Waals surface area contributed by atoms with Gasteiger partial charge in [-0.15, -0.1) is 0 Å². The first kappa shape index (κ1) is 20.7. The van der Waals surface area contributed by atoms with Crippen LogP contribution in [0.4, 0.5) is 0 Å². The Bertz CT molecular complexity index is 695. The number of hydrogen-bond acceptors (Lipinski definition) is 5. The molecule has 146 valence electrons. The third kappa shape index (κ3) is 5.71. The van der Waals surface area contributed by atoms with Crippen molar-refractivity contribution in [2.45, 2.75) is 50.0 Å². The van der Waals surface area contributed by atoms with E-state index in [-0.39, 0.29) is 23.5 Å². The molecule has 0 aromatic heterocycles. The molecule has 7 heteroatoms. The van der Waals surface area contributed by atoms with Crippen LogP contribution in [0.3, 0.4) is 0 Å². The van der Waals surface area contributed by atoms with Crippen LogP contribution in [0.15, 0.2) is 24.3 Å². The number of ether oxygens (including phenoxy) is 1. The number of amides is 1. The standard InChI is InChI=1S/C19H30N2O4S/c1-25-16-8-6-15(7-9-16)19(11-4-3-5-12-19)14-21-18(22)17(20)10-13-26(2,23)24/h6-9,17H,3-5,10-14,20H2,1-2H3,(H,21,22). The largest absolute Gasteiger partial charge is 0.497 e. The van der Waals surface area contributed by atoms with Crippen LogP contribution in [-0.4, -0.2) is 46.0 Å². The fraction of sp³-hybridized carbons (Fsp3) is 0.632. The second-order valence-electron chi connectivity index (χ2n) is 7.31. The average molecular weight is 383 g/mol. The Morgan fingerprint density at radius 1 is 1.23 bits per heavy atom. The van der Waals surface area contributed by atoms with Crippen LogP contribution in [0.5, 0.6) is 5.75 Å². The maximum absolute atomic E-state index is 12.3. The van der Waals surface area contributed by atoms with Gasteiger partial charge in [-0.3, -0.25) is 4.79 Å². The number of hydrogen-bond donors (Lipinski definition) is 2. The zero-order valence-corrected chi connectivity index (χ0v) is 16.5. The van der Waals surface area contributed by atoms with Crippen LogP contribution in [0.2, 0.25) is 0 Å². The predicted octanol–water partition coefficient (Wildman–Crippen LogP) is 1.78. The number of carbonyl (C=O) groups excluding carboxylic acids is 1. The normalized spacial score (nSPS) is 18.1. The molecule has 2 rings (SSSR count). The van der Waals surface area contributed by atoms with Gasteiger partial charge in [0.2, 0.25) is 5.91 Å². The van der Waals surface area contributed by atoms with Crippen molar-refractivity contribution in [2.24, 2.45) is 5.73 Å². The highest BCUT2D eigenvalue weighted by Crippen LogP contribution is 2.39. The van der Waals surface area contributed by atoms with Crippen molar-refractivity contribution in [3.63, 3.8) is 0 Å². The summed E-state index contributed by atoms with van der Waals surface area (Å²) in [4.78, 5) is 12.3. The predicted molar refractivity (Wildman–Crippen MR) is 103 cm³/mol. The number of methoxy groups -OCH3 is 1. The molecule has 1 aliphatic rings. The van der Waals surface area contributed by atoms with Crippen molar-refractivity contribution >= 4 is 15.7 Å². The third-order valence-electron chi connectivity index (χ3n) is 5.25. The van der Waals surface area contributed by atoms with Gasteiger partial charge in [-0.2, -0.15) is 0 Å². The van der Waals surface area contributed by atoms with Crippen LogP contribution >= 0.6 is 0 Å². The zero-order valence-electron chi connectivity index (χ0n) is 15.7. The molecule has 1 atom stereocenters. The van der Waals surface area contributed by atoms with Crippen LogP contribution in [0.1, 0.15) is 44.1 Å². The maximum atomic E-state index is 12.3. The first-order valence-corrected chi connectivity index (χ1v) is 11.2. The topological polar surface area (TPSA) is 98.5 Å². The monoisotopic (exact) mass is 382 g/mol. The van der Waals surface area contributed by atoms with Crippen molar-refractivity contribution in [2.75, 3.05) is 25.7 Å². The van der Waals surface area contributed by atoms with E-state index in [4.69, 9.17) is 10.5 Å². The van der Waals surface area contributed by atoms with Gasteiger partial charge >= 0.3 is 0 Å². The lowest BCUT2D eigenvalue weighted by atomic mass is 9.69. The lowest BCUT2D eigenvalue weighted by Crippen LogP contribution is -2.48. The van der Waals surface area contributed by atoms with Gasteiger partial charge < -0.3 is 15.8 Å². The summed E-state index contributed by atoms with van der Waals surface area (Å²) in [5, 5.41) is 2.97. The summed E-state index contributed by atoms with van der Waals surface area (Å²) in [6, 6.07) is 7.23. The van der Waals surface area contributed by atoms with E-state index in [9.17, 15) is 13.2 Å². The van der Waals surface area contributed by atoms with Gasteiger partial charge in [-0.25, -0.2) is 8.42 Å². The van der Waals surface area contributed by atoms with Gasteiger partial charge in [0.05, 0.1) is 18.9 Å². The summed E-state index contributed by atoms with van der Waals surface area (Å²) in [6.07, 6.45) is 6.78. The quantitative estimate of drug-likeness (QED) is 0.714. The summed E-state index contributed by atoms with van der Waals surface area (Å²) in [5.74, 6) is 0.448. The van der Waals surface area contributed by atoms with E-state index in [1.807, 2.05) is 12.1 Å². The summed E-state index contributed by atoms with van der Waals surface area (Å²) < 4.78 is 27.7. The summed E-state index contributed by atoms with van der Waals surface area (Å²) in [6.45, 7) is 0.519. The van der Waals surface area contributed by atoms with E-state index < -0.39 is 15.9 Å². The molecule has 1 fully saturated rings. The second-order valence-corrected chi connectivity index (χ2v) is 9.57. The number of sulfone groups is 1. The van der Waals surface area contributed by atoms with Gasteiger partial charge in [-0.05, 0) is 37.0 Å². The lowest BCUT2D eigenvalue weighted by molar-refractivity contribution is -0.122. The minimum absolute atomic E-state index is 0.0782. The molecule has 0 bridgehead atoms. The van der Waals surface area contributed by atoms with Crippen molar-refractivity contribution in [3.05, 3.63) is 29.8 Å². The molecule has 1 aromatic carbocycles. The Kier molecular flexibility index (Phi) is 7.06. The second kappa shape index (κ2) is 8.86. The molecule has 3 N–H and O–H groups in total. The zero-order chi connectivity index (χ0) is 19.2. The van der Waals surface area contributed by atoms with E-state index >= 15 is 0 Å². The number of rotatable bonds is 8. The van der Waals surface area contributed by atoms with Gasteiger partial charge in [0.25, 0.3) is 0 Å². The van der Waals surface area contributed by atoms with E-state index in [0.29, 0.717) is 6.54 Å². The minimum Gasteiger partial charge on any atom is -0.497 e. The van der Waals surface area contributed by atoms with Crippen molar-refractivity contribution in [1.82, 2.24) is 5.32 Å².